The first-order valence-corrected chi connectivity index (χ1v) is 10.0. The maximum absolute atomic E-state index is 11.5. The predicted octanol–water partition coefficient (Wildman–Crippen LogP) is 0.315. The molecule has 0 radical (unpaired) electrons. The molecule has 1 aliphatic rings. The van der Waals surface area contributed by atoms with Crippen molar-refractivity contribution >= 4 is 40.0 Å². The zero-order valence-electron chi connectivity index (χ0n) is 15.9. The maximum Gasteiger partial charge on any atom is 0.209 e. The second-order valence-corrected chi connectivity index (χ2v) is 8.66. The molecule has 1 aromatic heterocycles. The second kappa shape index (κ2) is 9.33. The molecular weight excluding hydrogens is 471 g/mol. The smallest absolute Gasteiger partial charge is 0.209 e. The van der Waals surface area contributed by atoms with E-state index < -0.39 is 15.6 Å². The van der Waals surface area contributed by atoms with Crippen molar-refractivity contribution in [2.24, 2.45) is 12.0 Å². The monoisotopic (exact) mass is 500 g/mol. The molecule has 1 fully saturated rings. The van der Waals surface area contributed by atoms with Crippen molar-refractivity contribution in [3.8, 4) is 0 Å². The molecule has 1 atom stereocenters. The van der Waals surface area contributed by atoms with E-state index in [1.165, 1.54) is 0 Å². The van der Waals surface area contributed by atoms with E-state index in [0.29, 0.717) is 19.7 Å². The molecule has 26 heavy (non-hydrogen) atoms. The van der Waals surface area contributed by atoms with E-state index in [4.69, 9.17) is 4.74 Å². The summed E-state index contributed by atoms with van der Waals surface area (Å²) in [6.07, 6.45) is 4.85. The molecule has 1 aromatic rings. The Morgan fingerprint density at radius 2 is 2.19 bits per heavy atom. The lowest BCUT2D eigenvalue weighted by Crippen LogP contribution is -2.55. The van der Waals surface area contributed by atoms with Gasteiger partial charge in [0, 0.05) is 44.5 Å². The molecule has 2 rings (SSSR count). The molecule has 9 nitrogen and oxygen atoms in total. The highest BCUT2D eigenvalue weighted by Gasteiger charge is 2.27. The van der Waals surface area contributed by atoms with Crippen LogP contribution in [-0.2, 0) is 21.8 Å². The second-order valence-electron chi connectivity index (χ2n) is 6.91. The van der Waals surface area contributed by atoms with Crippen LogP contribution in [0.5, 0.6) is 0 Å². The molecule has 0 amide bonds. The number of guanidine groups is 1. The number of hydrogen-bond acceptors (Lipinski definition) is 5. The minimum Gasteiger partial charge on any atom is -0.370 e. The molecular formula is C15H29IN6O3S. The van der Waals surface area contributed by atoms with Crippen molar-refractivity contribution in [2.45, 2.75) is 25.5 Å². The number of aryl methyl sites for hydroxylation is 1. The molecule has 0 aliphatic carbocycles. The lowest BCUT2D eigenvalue weighted by atomic mass is 10.1. The van der Waals surface area contributed by atoms with E-state index in [1.54, 1.807) is 11.7 Å². The number of rotatable bonds is 5. The van der Waals surface area contributed by atoms with Crippen molar-refractivity contribution < 1.29 is 13.2 Å². The molecule has 150 valence electrons. The Hall–Kier alpha value is -0.920. The number of hydrogen-bond donors (Lipinski definition) is 2. The van der Waals surface area contributed by atoms with Gasteiger partial charge >= 0.3 is 0 Å². The lowest BCUT2D eigenvalue weighted by Gasteiger charge is -2.36. The number of morpholine rings is 1. The number of halogens is 1. The molecule has 0 saturated carbocycles. The first-order valence-electron chi connectivity index (χ1n) is 8.14. The van der Waals surface area contributed by atoms with Crippen LogP contribution in [0.2, 0.25) is 0 Å². The first-order chi connectivity index (χ1) is 11.6. The average Bonchev–Trinajstić information content (AvgIpc) is 2.92. The van der Waals surface area contributed by atoms with Crippen molar-refractivity contribution in [3.05, 3.63) is 18.0 Å². The Morgan fingerprint density at radius 3 is 2.73 bits per heavy atom. The van der Waals surface area contributed by atoms with Crippen LogP contribution in [0.25, 0.3) is 0 Å². The molecule has 0 bridgehead atoms. The van der Waals surface area contributed by atoms with Gasteiger partial charge in [-0.25, -0.2) is 13.1 Å². The van der Waals surface area contributed by atoms with Crippen molar-refractivity contribution in [3.63, 3.8) is 0 Å². The molecule has 2 heterocycles. The van der Waals surface area contributed by atoms with Crippen LogP contribution in [-0.4, -0.2) is 74.1 Å². The number of nitrogens with zero attached hydrogens (tertiary/aromatic N) is 4. The van der Waals surface area contributed by atoms with Gasteiger partial charge in [-0.1, -0.05) is 0 Å². The summed E-state index contributed by atoms with van der Waals surface area (Å²) in [5, 5.41) is 7.44. The van der Waals surface area contributed by atoms with Crippen LogP contribution < -0.4 is 10.0 Å². The van der Waals surface area contributed by atoms with E-state index in [1.807, 2.05) is 33.3 Å². The fraction of sp³-hybridized carbons (Fsp3) is 0.733. The van der Waals surface area contributed by atoms with Gasteiger partial charge in [0.25, 0.3) is 0 Å². The summed E-state index contributed by atoms with van der Waals surface area (Å²) in [6, 6.07) is 0. The van der Waals surface area contributed by atoms with Gasteiger partial charge in [0.2, 0.25) is 10.0 Å². The third-order valence-corrected chi connectivity index (χ3v) is 4.75. The number of aromatic nitrogens is 2. The van der Waals surface area contributed by atoms with Crippen LogP contribution in [0, 0.1) is 0 Å². The largest absolute Gasteiger partial charge is 0.370 e. The summed E-state index contributed by atoms with van der Waals surface area (Å²) in [5.74, 6) is 0.723. The van der Waals surface area contributed by atoms with Gasteiger partial charge in [0.15, 0.2) is 5.96 Å². The summed E-state index contributed by atoms with van der Waals surface area (Å²) in [5.41, 5.74) is 0.403. The van der Waals surface area contributed by atoms with Crippen LogP contribution in [0.3, 0.4) is 0 Å². The number of aliphatic imine (C=N–C) groups is 1. The fourth-order valence-corrected chi connectivity index (χ4v) is 3.90. The molecule has 0 aromatic carbocycles. The number of ether oxygens (including phenoxy) is 1. The Kier molecular flexibility index (Phi) is 8.30. The maximum atomic E-state index is 11.5. The van der Waals surface area contributed by atoms with E-state index in [9.17, 15) is 8.42 Å². The van der Waals surface area contributed by atoms with Gasteiger partial charge in [0.05, 0.1) is 25.6 Å². The Morgan fingerprint density at radius 1 is 1.50 bits per heavy atom. The first kappa shape index (κ1) is 23.1. The zero-order valence-corrected chi connectivity index (χ0v) is 19.0. The van der Waals surface area contributed by atoms with Crippen molar-refractivity contribution in [1.29, 1.82) is 0 Å². The summed E-state index contributed by atoms with van der Waals surface area (Å²) in [7, 11) is 0.316. The van der Waals surface area contributed by atoms with Crippen LogP contribution in [0.15, 0.2) is 17.4 Å². The zero-order chi connectivity index (χ0) is 18.7. The summed E-state index contributed by atoms with van der Waals surface area (Å²) in [6.45, 7) is 6.03. The summed E-state index contributed by atoms with van der Waals surface area (Å²) in [4.78, 5) is 6.43. The minimum atomic E-state index is -3.28. The third-order valence-electron chi connectivity index (χ3n) is 3.82. The highest BCUT2D eigenvalue weighted by atomic mass is 127. The van der Waals surface area contributed by atoms with Gasteiger partial charge in [-0.3, -0.25) is 9.67 Å². The van der Waals surface area contributed by atoms with E-state index in [2.05, 4.69) is 25.0 Å². The van der Waals surface area contributed by atoms with E-state index in [0.717, 1.165) is 24.3 Å². The van der Waals surface area contributed by atoms with Gasteiger partial charge in [-0.05, 0) is 13.8 Å². The highest BCUT2D eigenvalue weighted by Crippen LogP contribution is 2.21. The highest BCUT2D eigenvalue weighted by molar-refractivity contribution is 14.0. The van der Waals surface area contributed by atoms with Crippen LogP contribution in [0.1, 0.15) is 25.5 Å². The Bertz CT molecular complexity index is 719. The van der Waals surface area contributed by atoms with Gasteiger partial charge < -0.3 is 15.0 Å². The number of nitrogens with one attached hydrogen (secondary N) is 2. The average molecular weight is 500 g/mol. The van der Waals surface area contributed by atoms with Crippen molar-refractivity contribution in [1.82, 2.24) is 24.7 Å². The third kappa shape index (κ3) is 7.00. The van der Waals surface area contributed by atoms with E-state index >= 15 is 0 Å². The summed E-state index contributed by atoms with van der Waals surface area (Å²) >= 11 is 0. The van der Waals surface area contributed by atoms with Crippen LogP contribution >= 0.6 is 24.0 Å². The van der Waals surface area contributed by atoms with Crippen molar-refractivity contribution in [2.75, 3.05) is 39.5 Å². The standard InChI is InChI=1S/C15H28N6O3S.HI/c1-15(2,19-25(5,22)23)11-17-14(16-3)21-6-7-24-13(10-21)12-8-18-20(4)9-12;/h8-9,13,19H,6-7,10-11H2,1-5H3,(H,16,17);1H. The predicted molar refractivity (Wildman–Crippen MR) is 112 cm³/mol. The minimum absolute atomic E-state index is 0. The quantitative estimate of drug-likeness (QED) is 0.343. The Labute approximate surface area is 172 Å². The SMILES string of the molecule is CN=C(NCC(C)(C)NS(C)(=O)=O)N1CCOC(c2cnn(C)c2)C1.I. The van der Waals surface area contributed by atoms with Gasteiger partial charge in [-0.2, -0.15) is 5.10 Å². The van der Waals surface area contributed by atoms with E-state index in [-0.39, 0.29) is 30.1 Å². The van der Waals surface area contributed by atoms with Gasteiger partial charge in [-0.15, -0.1) is 24.0 Å². The lowest BCUT2D eigenvalue weighted by molar-refractivity contribution is -0.00808. The molecule has 1 saturated heterocycles. The Balaban J connectivity index is 0.00000338. The summed E-state index contributed by atoms with van der Waals surface area (Å²) < 4.78 is 33.1. The fourth-order valence-electron chi connectivity index (χ4n) is 2.82. The molecule has 2 N–H and O–H groups in total. The molecule has 0 spiro atoms. The van der Waals surface area contributed by atoms with Crippen LogP contribution in [0.4, 0.5) is 0 Å². The molecule has 11 heteroatoms. The normalized spacial score (nSPS) is 19.2. The molecule has 1 aliphatic heterocycles. The topological polar surface area (TPSA) is 101 Å². The molecule has 1 unspecified atom stereocenters. The van der Waals surface area contributed by atoms with Gasteiger partial charge in [0.1, 0.15) is 6.10 Å². The number of sulfonamides is 1.